The van der Waals surface area contributed by atoms with Crippen LogP contribution in [0.4, 0.5) is 10.2 Å². The minimum absolute atomic E-state index is 0.0350. The molecule has 0 aliphatic carbocycles. The second-order valence-corrected chi connectivity index (χ2v) is 9.63. The van der Waals surface area contributed by atoms with Gasteiger partial charge in [-0.2, -0.15) is 0 Å². The second kappa shape index (κ2) is 11.6. The number of Topliss-reactive ketones (excluding diaryl/α,β-unsaturated/α-hetero) is 1. The predicted octanol–water partition coefficient (Wildman–Crippen LogP) is 0.891. The van der Waals surface area contributed by atoms with Gasteiger partial charge in [-0.25, -0.2) is 19.0 Å². The first-order valence-electron chi connectivity index (χ1n) is 12.8. The number of ketones is 1. The first kappa shape index (κ1) is 26.9. The molecule has 4 aromatic rings. The van der Waals surface area contributed by atoms with E-state index in [0.717, 1.165) is 19.2 Å². The van der Waals surface area contributed by atoms with Crippen LogP contribution >= 0.6 is 0 Å². The van der Waals surface area contributed by atoms with E-state index < -0.39 is 17.5 Å². The molecule has 208 valence electrons. The van der Waals surface area contributed by atoms with Crippen LogP contribution in [0.5, 0.6) is 0 Å². The molecular weight excluding hydrogens is 519 g/mol. The molecule has 0 aromatic carbocycles. The van der Waals surface area contributed by atoms with Gasteiger partial charge >= 0.3 is 0 Å². The molecular formula is C26H29FN10O3. The van der Waals surface area contributed by atoms with Gasteiger partial charge in [0.25, 0.3) is 17.6 Å². The second-order valence-electron chi connectivity index (χ2n) is 9.63. The van der Waals surface area contributed by atoms with Crippen molar-refractivity contribution in [1.29, 1.82) is 0 Å². The fraction of sp³-hybridized carbons (Fsp3) is 0.346. The summed E-state index contributed by atoms with van der Waals surface area (Å²) in [5.74, 6) is -1.73. The summed E-state index contributed by atoms with van der Waals surface area (Å²) in [5, 5.41) is 10.5. The monoisotopic (exact) mass is 548 g/mol. The molecule has 14 heteroatoms. The summed E-state index contributed by atoms with van der Waals surface area (Å²) >= 11 is 0. The van der Waals surface area contributed by atoms with Gasteiger partial charge in [-0.1, -0.05) is 5.21 Å². The molecule has 0 radical (unpaired) electrons. The number of nitrogens with one attached hydrogen (secondary N) is 2. The fourth-order valence-electron chi connectivity index (χ4n) is 4.67. The molecule has 1 fully saturated rings. The number of pyridine rings is 2. The molecule has 5 rings (SSSR count). The first-order chi connectivity index (χ1) is 19.3. The average molecular weight is 549 g/mol. The summed E-state index contributed by atoms with van der Waals surface area (Å²) in [6.07, 6.45) is 7.71. The van der Waals surface area contributed by atoms with Crippen molar-refractivity contribution in [3.63, 3.8) is 0 Å². The van der Waals surface area contributed by atoms with Gasteiger partial charge in [0.1, 0.15) is 5.82 Å². The number of H-pyrrole nitrogens is 1. The van der Waals surface area contributed by atoms with E-state index in [1.807, 2.05) is 19.0 Å². The molecule has 5 heterocycles. The topological polar surface area (TPSA) is 145 Å². The van der Waals surface area contributed by atoms with Crippen molar-refractivity contribution < 1.29 is 18.8 Å². The van der Waals surface area contributed by atoms with Crippen LogP contribution in [0.3, 0.4) is 0 Å². The SMILES string of the molecule is CN(C)CCCNC(=O)c1cccnc1N1CCN(C(=O)C(=O)c2c[nH]c3c(-n4ccnn4)ncc(F)c23)CC1. The highest BCUT2D eigenvalue weighted by Gasteiger charge is 2.31. The van der Waals surface area contributed by atoms with Gasteiger partial charge in [0.05, 0.1) is 40.6 Å². The third kappa shape index (κ3) is 5.38. The quantitative estimate of drug-likeness (QED) is 0.177. The number of nitrogens with zero attached hydrogens (tertiary/aromatic N) is 8. The van der Waals surface area contributed by atoms with Crippen molar-refractivity contribution in [1.82, 2.24) is 45.1 Å². The van der Waals surface area contributed by atoms with Gasteiger partial charge in [-0.3, -0.25) is 14.4 Å². The Morgan fingerprint density at radius 2 is 1.88 bits per heavy atom. The van der Waals surface area contributed by atoms with E-state index >= 15 is 0 Å². The Kier molecular flexibility index (Phi) is 7.77. The van der Waals surface area contributed by atoms with Crippen molar-refractivity contribution in [2.24, 2.45) is 0 Å². The standard InChI is InChI=1S/C26H29FN10O3/c1-34(2)9-4-7-29-25(39)17-5-3-6-28-23(17)35-11-13-36(14-12-35)26(40)22(38)18-15-30-21-20(18)19(27)16-31-24(21)37-10-8-32-33-37/h3,5-6,8,10,15-16,30H,4,7,9,11-14H2,1-2H3,(H,29,39). The third-order valence-corrected chi connectivity index (χ3v) is 6.69. The van der Waals surface area contributed by atoms with Crippen LogP contribution in [-0.2, 0) is 4.79 Å². The Bertz CT molecular complexity index is 1530. The van der Waals surface area contributed by atoms with E-state index in [-0.39, 0.29) is 41.3 Å². The largest absolute Gasteiger partial charge is 0.357 e. The summed E-state index contributed by atoms with van der Waals surface area (Å²) in [5.41, 5.74) is 0.602. The van der Waals surface area contributed by atoms with Crippen molar-refractivity contribution >= 4 is 34.3 Å². The Morgan fingerprint density at radius 3 is 2.60 bits per heavy atom. The lowest BCUT2D eigenvalue weighted by molar-refractivity contribution is -0.126. The minimum Gasteiger partial charge on any atom is -0.357 e. The maximum absolute atomic E-state index is 14.8. The van der Waals surface area contributed by atoms with Crippen LogP contribution in [0.2, 0.25) is 0 Å². The number of hydrogen-bond donors (Lipinski definition) is 2. The van der Waals surface area contributed by atoms with Gasteiger partial charge < -0.3 is 25.0 Å². The zero-order valence-electron chi connectivity index (χ0n) is 22.2. The van der Waals surface area contributed by atoms with Gasteiger partial charge in [-0.05, 0) is 39.2 Å². The predicted molar refractivity (Wildman–Crippen MR) is 144 cm³/mol. The summed E-state index contributed by atoms with van der Waals surface area (Å²) in [7, 11) is 3.96. The number of anilines is 1. The number of amides is 2. The molecule has 1 aliphatic rings. The summed E-state index contributed by atoms with van der Waals surface area (Å²) in [6, 6.07) is 3.43. The highest BCUT2D eigenvalue weighted by atomic mass is 19.1. The number of piperazine rings is 1. The van der Waals surface area contributed by atoms with Gasteiger partial charge in [0, 0.05) is 45.1 Å². The Hall–Kier alpha value is -4.72. The molecule has 40 heavy (non-hydrogen) atoms. The van der Waals surface area contributed by atoms with E-state index in [4.69, 9.17) is 0 Å². The maximum Gasteiger partial charge on any atom is 0.295 e. The molecule has 4 aromatic heterocycles. The minimum atomic E-state index is -0.829. The smallest absolute Gasteiger partial charge is 0.295 e. The fourth-order valence-corrected chi connectivity index (χ4v) is 4.67. The Labute approximate surface area is 229 Å². The molecule has 0 saturated carbocycles. The molecule has 1 aliphatic heterocycles. The molecule has 0 spiro atoms. The number of fused-ring (bicyclic) bond motifs is 1. The van der Waals surface area contributed by atoms with E-state index in [9.17, 15) is 18.8 Å². The number of aromatic amines is 1. The van der Waals surface area contributed by atoms with E-state index in [1.165, 1.54) is 28.2 Å². The number of halogens is 1. The lowest BCUT2D eigenvalue weighted by Crippen LogP contribution is -2.51. The zero-order chi connectivity index (χ0) is 28.2. The van der Waals surface area contributed by atoms with E-state index in [2.05, 4.69) is 35.5 Å². The number of carbonyl (C=O) groups excluding carboxylic acids is 3. The zero-order valence-corrected chi connectivity index (χ0v) is 22.2. The van der Waals surface area contributed by atoms with Crippen molar-refractivity contribution in [3.8, 4) is 5.82 Å². The van der Waals surface area contributed by atoms with Crippen LogP contribution in [0.25, 0.3) is 16.7 Å². The maximum atomic E-state index is 14.8. The van der Waals surface area contributed by atoms with Crippen molar-refractivity contribution in [3.05, 3.63) is 60.1 Å². The third-order valence-electron chi connectivity index (χ3n) is 6.69. The van der Waals surface area contributed by atoms with Crippen molar-refractivity contribution in [2.75, 3.05) is 58.3 Å². The molecule has 0 atom stereocenters. The molecule has 0 bridgehead atoms. The molecule has 1 saturated heterocycles. The molecule has 13 nitrogen and oxygen atoms in total. The van der Waals surface area contributed by atoms with E-state index in [1.54, 1.807) is 18.3 Å². The lowest BCUT2D eigenvalue weighted by atomic mass is 10.1. The Morgan fingerprint density at radius 1 is 1.07 bits per heavy atom. The summed E-state index contributed by atoms with van der Waals surface area (Å²) in [6.45, 7) is 2.63. The van der Waals surface area contributed by atoms with Gasteiger partial charge in [0.15, 0.2) is 11.6 Å². The first-order valence-corrected chi connectivity index (χ1v) is 12.8. The number of rotatable bonds is 9. The van der Waals surface area contributed by atoms with Crippen LogP contribution in [0, 0.1) is 5.82 Å². The molecule has 2 amide bonds. The van der Waals surface area contributed by atoms with Gasteiger partial charge in [0.2, 0.25) is 0 Å². The highest BCUT2D eigenvalue weighted by Crippen LogP contribution is 2.26. The van der Waals surface area contributed by atoms with Crippen LogP contribution < -0.4 is 10.2 Å². The summed E-state index contributed by atoms with van der Waals surface area (Å²) < 4.78 is 16.1. The lowest BCUT2D eigenvalue weighted by Gasteiger charge is -2.35. The van der Waals surface area contributed by atoms with E-state index in [0.29, 0.717) is 31.0 Å². The van der Waals surface area contributed by atoms with Crippen molar-refractivity contribution in [2.45, 2.75) is 6.42 Å². The summed E-state index contributed by atoms with van der Waals surface area (Å²) in [4.78, 5) is 55.9. The normalized spacial score (nSPS) is 13.7. The van der Waals surface area contributed by atoms with Crippen LogP contribution in [0.1, 0.15) is 27.1 Å². The van der Waals surface area contributed by atoms with Crippen LogP contribution in [0.15, 0.2) is 43.1 Å². The number of hydrogen-bond acceptors (Lipinski definition) is 9. The number of carbonyl (C=O) groups is 3. The number of aromatic nitrogens is 6. The van der Waals surface area contributed by atoms with Gasteiger partial charge in [-0.15, -0.1) is 5.10 Å². The van der Waals surface area contributed by atoms with Crippen LogP contribution in [-0.4, -0.2) is 111 Å². The highest BCUT2D eigenvalue weighted by molar-refractivity contribution is 6.45. The molecule has 2 N–H and O–H groups in total. The average Bonchev–Trinajstić information content (AvgIpc) is 3.66. The molecule has 0 unspecified atom stereocenters. The Balaban J connectivity index is 1.26.